The fourth-order valence-electron chi connectivity index (χ4n) is 10.1. The molecule has 2 aliphatic rings. The highest BCUT2D eigenvalue weighted by Crippen LogP contribution is 2.63. The van der Waals surface area contributed by atoms with Gasteiger partial charge in [0.2, 0.25) is 0 Å². The Kier molecular flexibility index (Phi) is 7.81. The van der Waals surface area contributed by atoms with E-state index in [4.69, 9.17) is 4.98 Å². The third-order valence-corrected chi connectivity index (χ3v) is 12.7. The summed E-state index contributed by atoms with van der Waals surface area (Å²) in [7, 11) is 0. The second kappa shape index (κ2) is 13.3. The molecule has 1 heteroatoms. The number of fused-ring (bicyclic) bond motifs is 9. The van der Waals surface area contributed by atoms with Gasteiger partial charge in [0, 0.05) is 16.5 Å². The zero-order valence-electron chi connectivity index (χ0n) is 32.7. The van der Waals surface area contributed by atoms with Crippen LogP contribution in [0.5, 0.6) is 0 Å². The minimum absolute atomic E-state index is 0.170. The lowest BCUT2D eigenvalue weighted by Gasteiger charge is -2.46. The molecule has 274 valence electrons. The second-order valence-corrected chi connectivity index (χ2v) is 16.3. The van der Waals surface area contributed by atoms with Gasteiger partial charge in [0.25, 0.3) is 0 Å². The molecule has 1 spiro atoms. The van der Waals surface area contributed by atoms with Crippen LogP contribution in [0.3, 0.4) is 0 Å². The van der Waals surface area contributed by atoms with Gasteiger partial charge in [-0.05, 0) is 102 Å². The van der Waals surface area contributed by atoms with Crippen LogP contribution < -0.4 is 0 Å². The van der Waals surface area contributed by atoms with Crippen LogP contribution in [0.1, 0.15) is 47.2 Å². The molecule has 0 fully saturated rings. The predicted molar refractivity (Wildman–Crippen MR) is 241 cm³/mol. The van der Waals surface area contributed by atoms with Crippen molar-refractivity contribution in [3.05, 3.63) is 246 Å². The molecule has 0 atom stereocenters. The monoisotopic (exact) mass is 739 g/mol. The maximum absolute atomic E-state index is 5.28. The zero-order chi connectivity index (χ0) is 38.8. The number of pyridine rings is 1. The van der Waals surface area contributed by atoms with E-state index in [0.29, 0.717) is 0 Å². The van der Waals surface area contributed by atoms with Crippen molar-refractivity contribution < 1.29 is 0 Å². The summed E-state index contributed by atoms with van der Waals surface area (Å²) in [6.45, 7) is 4.78. The lowest BCUT2D eigenvalue weighted by atomic mass is 9.55. The average molecular weight is 740 g/mol. The molecule has 1 aromatic heterocycles. The van der Waals surface area contributed by atoms with Gasteiger partial charge in [0.15, 0.2) is 0 Å². The van der Waals surface area contributed by atoms with E-state index in [1.54, 1.807) is 0 Å². The first-order valence-electron chi connectivity index (χ1n) is 20.3. The fourth-order valence-corrected chi connectivity index (χ4v) is 10.1. The van der Waals surface area contributed by atoms with Crippen LogP contribution in [0.25, 0.3) is 67.0 Å². The molecule has 1 heterocycles. The van der Waals surface area contributed by atoms with Gasteiger partial charge in [-0.1, -0.05) is 202 Å². The highest BCUT2D eigenvalue weighted by atomic mass is 14.7. The van der Waals surface area contributed by atoms with Gasteiger partial charge in [-0.25, -0.2) is 4.98 Å². The molecule has 0 unspecified atom stereocenters. The van der Waals surface area contributed by atoms with Gasteiger partial charge in [-0.2, -0.15) is 0 Å². The van der Waals surface area contributed by atoms with Crippen LogP contribution >= 0.6 is 0 Å². The van der Waals surface area contributed by atoms with Crippen LogP contribution in [-0.2, 0) is 10.8 Å². The summed E-state index contributed by atoms with van der Waals surface area (Å²) >= 11 is 0. The Morgan fingerprint density at radius 2 is 0.741 bits per heavy atom. The Morgan fingerprint density at radius 3 is 1.33 bits per heavy atom. The number of aromatic nitrogens is 1. The molecule has 0 amide bonds. The number of nitrogens with zero attached hydrogens (tertiary/aromatic N) is 1. The van der Waals surface area contributed by atoms with Crippen molar-refractivity contribution in [1.29, 1.82) is 0 Å². The third-order valence-electron chi connectivity index (χ3n) is 12.7. The van der Waals surface area contributed by atoms with Gasteiger partial charge in [-0.15, -0.1) is 0 Å². The molecular formula is C57H41N. The summed E-state index contributed by atoms with van der Waals surface area (Å²) in [6, 6.07) is 78.1. The lowest BCUT2D eigenvalue weighted by Crippen LogP contribution is -2.40. The average Bonchev–Trinajstić information content (AvgIpc) is 3.59. The van der Waals surface area contributed by atoms with E-state index < -0.39 is 5.41 Å². The van der Waals surface area contributed by atoms with Crippen molar-refractivity contribution in [3.63, 3.8) is 0 Å². The number of benzene rings is 8. The van der Waals surface area contributed by atoms with Crippen LogP contribution in [0, 0.1) is 0 Å². The molecule has 1 nitrogen and oxygen atoms in total. The minimum atomic E-state index is -0.509. The van der Waals surface area contributed by atoms with Crippen molar-refractivity contribution >= 4 is 0 Å². The maximum atomic E-state index is 5.28. The minimum Gasteiger partial charge on any atom is -0.248 e. The van der Waals surface area contributed by atoms with E-state index in [1.165, 1.54) is 72.3 Å². The van der Waals surface area contributed by atoms with Crippen molar-refractivity contribution in [3.8, 4) is 67.0 Å². The van der Waals surface area contributed by atoms with E-state index in [9.17, 15) is 0 Å². The Hall–Kier alpha value is -7.09. The lowest BCUT2D eigenvalue weighted by molar-refractivity contribution is 0.563. The van der Waals surface area contributed by atoms with Gasteiger partial charge in [0.05, 0.1) is 16.8 Å². The summed E-state index contributed by atoms with van der Waals surface area (Å²) in [5.74, 6) is 0. The smallest absolute Gasteiger partial charge is 0.0719 e. The van der Waals surface area contributed by atoms with Gasteiger partial charge < -0.3 is 0 Å². The summed E-state index contributed by atoms with van der Waals surface area (Å²) < 4.78 is 0. The maximum Gasteiger partial charge on any atom is 0.0719 e. The van der Waals surface area contributed by atoms with Crippen molar-refractivity contribution in [2.75, 3.05) is 0 Å². The van der Waals surface area contributed by atoms with E-state index in [2.05, 4.69) is 226 Å². The number of hydrogen-bond acceptors (Lipinski definition) is 1. The highest BCUT2D eigenvalue weighted by Gasteiger charge is 2.53. The molecule has 0 N–H and O–H groups in total. The SMILES string of the molecule is CC1(C)c2ccccc2C2(c3ccc(-c4cccc(-c5ccccc5)c4)cc3-c3c(-c4cc(-c5ccccc5)nc(-c5ccccc5)c4)cccc32)c2ccccc21. The van der Waals surface area contributed by atoms with Crippen LogP contribution in [0.2, 0.25) is 0 Å². The first-order chi connectivity index (χ1) is 28.5. The molecule has 2 aliphatic carbocycles. The first-order valence-corrected chi connectivity index (χ1v) is 20.3. The molecule has 0 aliphatic heterocycles. The zero-order valence-corrected chi connectivity index (χ0v) is 32.7. The normalized spacial score (nSPS) is 14.0. The summed E-state index contributed by atoms with van der Waals surface area (Å²) in [5, 5.41) is 0. The molecule has 9 aromatic rings. The molecule has 58 heavy (non-hydrogen) atoms. The topological polar surface area (TPSA) is 12.9 Å². The van der Waals surface area contributed by atoms with Crippen molar-refractivity contribution in [1.82, 2.24) is 4.98 Å². The van der Waals surface area contributed by atoms with Crippen molar-refractivity contribution in [2.45, 2.75) is 24.7 Å². The molecule has 0 radical (unpaired) electrons. The first kappa shape index (κ1) is 34.2. The van der Waals surface area contributed by atoms with E-state index >= 15 is 0 Å². The summed E-state index contributed by atoms with van der Waals surface area (Å²) in [5.41, 5.74) is 21.3. The molecule has 8 aromatic carbocycles. The Balaban J connectivity index is 1.23. The third kappa shape index (κ3) is 5.13. The standard InChI is InChI=1S/C57H41N/c1-56(2)48-27-12-14-29-50(48)57(51-30-15-13-28-49(51)56)47-33-32-43(42-25-16-24-41(34-42)38-18-6-3-7-19-38)35-46(47)55-45(26-17-31-52(55)57)44-36-53(39-20-8-4-9-21-39)58-54(37-44)40-22-10-5-11-23-40/h3-37H,1-2H3. The van der Waals surface area contributed by atoms with E-state index in [0.717, 1.165) is 28.1 Å². The second-order valence-electron chi connectivity index (χ2n) is 16.3. The quantitative estimate of drug-likeness (QED) is 0.171. The van der Waals surface area contributed by atoms with Gasteiger partial charge in [-0.3, -0.25) is 0 Å². The number of hydrogen-bond donors (Lipinski definition) is 0. The fraction of sp³-hybridized carbons (Fsp3) is 0.0702. The molecule has 11 rings (SSSR count). The number of rotatable bonds is 5. The Bertz CT molecular complexity index is 2910. The predicted octanol–water partition coefficient (Wildman–Crippen LogP) is 14.4. The van der Waals surface area contributed by atoms with Crippen molar-refractivity contribution in [2.24, 2.45) is 0 Å². The summed E-state index contributed by atoms with van der Waals surface area (Å²) in [6.07, 6.45) is 0. The molecule has 0 bridgehead atoms. The van der Waals surface area contributed by atoms with E-state index in [1.807, 2.05) is 0 Å². The molecule has 0 saturated heterocycles. The summed E-state index contributed by atoms with van der Waals surface area (Å²) in [4.78, 5) is 5.28. The molecular weight excluding hydrogens is 699 g/mol. The highest BCUT2D eigenvalue weighted by molar-refractivity contribution is 5.98. The van der Waals surface area contributed by atoms with Crippen LogP contribution in [0.4, 0.5) is 0 Å². The molecule has 0 saturated carbocycles. The largest absolute Gasteiger partial charge is 0.248 e. The van der Waals surface area contributed by atoms with Gasteiger partial charge in [0.1, 0.15) is 0 Å². The van der Waals surface area contributed by atoms with Crippen LogP contribution in [-0.4, -0.2) is 4.98 Å². The van der Waals surface area contributed by atoms with E-state index in [-0.39, 0.29) is 5.41 Å². The Morgan fingerprint density at radius 1 is 0.293 bits per heavy atom. The van der Waals surface area contributed by atoms with Crippen LogP contribution in [0.15, 0.2) is 212 Å². The van der Waals surface area contributed by atoms with Gasteiger partial charge >= 0.3 is 0 Å². The Labute approximate surface area is 341 Å².